The molecule has 0 atom stereocenters. The maximum atomic E-state index is 11.5. The first kappa shape index (κ1) is 13.5. The minimum absolute atomic E-state index is 0.115. The summed E-state index contributed by atoms with van der Waals surface area (Å²) in [4.78, 5) is 26.6. The van der Waals surface area contributed by atoms with Gasteiger partial charge in [-0.3, -0.25) is 14.9 Å². The first-order valence-electron chi connectivity index (χ1n) is 5.87. The highest BCUT2D eigenvalue weighted by Gasteiger charge is 2.13. The number of carbonyl (C=O) groups is 2. The van der Waals surface area contributed by atoms with Crippen LogP contribution in [0.4, 0.5) is 5.95 Å². The van der Waals surface area contributed by atoms with Crippen molar-refractivity contribution in [2.45, 2.75) is 6.42 Å². The number of carbonyl (C=O) groups excluding carboxylic acids is 2. The van der Waals surface area contributed by atoms with Crippen LogP contribution in [0.1, 0.15) is 5.56 Å². The normalized spacial score (nSPS) is 10.0. The number of aromatic hydroxyl groups is 1. The van der Waals surface area contributed by atoms with Gasteiger partial charge in [0.25, 0.3) is 0 Å². The standard InChI is InChI=1S/C12H13N5O3/c18-9-3-1-8(2-4-9)5-6-13-10(19)11(20)16-12-14-7-15-17-12/h1-4,7,18H,5-6H2,(H,13,19)(H2,14,15,16,17,20). The van der Waals surface area contributed by atoms with Crippen molar-refractivity contribution in [2.24, 2.45) is 0 Å². The van der Waals surface area contributed by atoms with E-state index in [1.54, 1.807) is 24.3 Å². The number of amides is 2. The van der Waals surface area contributed by atoms with E-state index in [9.17, 15) is 9.59 Å². The van der Waals surface area contributed by atoms with Crippen molar-refractivity contribution >= 4 is 17.8 Å². The maximum absolute atomic E-state index is 11.5. The molecular weight excluding hydrogens is 262 g/mol. The first-order chi connectivity index (χ1) is 9.65. The molecule has 0 radical (unpaired) electrons. The van der Waals surface area contributed by atoms with Gasteiger partial charge in [0.2, 0.25) is 5.95 Å². The molecule has 0 saturated heterocycles. The summed E-state index contributed by atoms with van der Waals surface area (Å²) in [6.07, 6.45) is 1.78. The fraction of sp³-hybridized carbons (Fsp3) is 0.167. The average molecular weight is 275 g/mol. The summed E-state index contributed by atoms with van der Waals surface area (Å²) in [7, 11) is 0. The molecule has 0 unspecified atom stereocenters. The molecule has 8 heteroatoms. The number of aromatic amines is 1. The summed E-state index contributed by atoms with van der Waals surface area (Å²) in [6, 6.07) is 6.62. The molecule has 0 aliphatic rings. The van der Waals surface area contributed by atoms with Gasteiger partial charge in [0.15, 0.2) is 0 Å². The number of aromatic nitrogens is 3. The Kier molecular flexibility index (Phi) is 4.28. The summed E-state index contributed by atoms with van der Waals surface area (Å²) in [5, 5.41) is 19.8. The number of rotatable bonds is 4. The van der Waals surface area contributed by atoms with Gasteiger partial charge in [-0.05, 0) is 24.1 Å². The van der Waals surface area contributed by atoms with Gasteiger partial charge >= 0.3 is 11.8 Å². The van der Waals surface area contributed by atoms with Crippen LogP contribution in [0.25, 0.3) is 0 Å². The lowest BCUT2D eigenvalue weighted by atomic mass is 10.1. The molecule has 2 aromatic rings. The monoisotopic (exact) mass is 275 g/mol. The number of anilines is 1. The Morgan fingerprint density at radius 3 is 2.60 bits per heavy atom. The van der Waals surface area contributed by atoms with Crippen molar-refractivity contribution in [2.75, 3.05) is 11.9 Å². The van der Waals surface area contributed by atoms with Gasteiger partial charge < -0.3 is 10.4 Å². The number of hydrogen-bond acceptors (Lipinski definition) is 5. The Balaban J connectivity index is 1.74. The van der Waals surface area contributed by atoms with Crippen molar-refractivity contribution in [3.8, 4) is 5.75 Å². The molecule has 0 aliphatic carbocycles. The lowest BCUT2D eigenvalue weighted by Gasteiger charge is -2.05. The molecule has 104 valence electrons. The molecule has 0 aliphatic heterocycles. The molecular formula is C12H13N5O3. The van der Waals surface area contributed by atoms with Crippen molar-refractivity contribution in [3.05, 3.63) is 36.2 Å². The third kappa shape index (κ3) is 3.80. The van der Waals surface area contributed by atoms with Gasteiger partial charge in [0, 0.05) is 6.54 Å². The number of nitrogens with one attached hydrogen (secondary N) is 3. The van der Waals surface area contributed by atoms with Crippen molar-refractivity contribution in [1.82, 2.24) is 20.5 Å². The lowest BCUT2D eigenvalue weighted by molar-refractivity contribution is -0.136. The van der Waals surface area contributed by atoms with Crippen LogP contribution in [0.15, 0.2) is 30.6 Å². The van der Waals surface area contributed by atoms with E-state index in [2.05, 4.69) is 25.8 Å². The van der Waals surface area contributed by atoms with E-state index in [1.807, 2.05) is 0 Å². The number of benzene rings is 1. The van der Waals surface area contributed by atoms with Crippen molar-refractivity contribution < 1.29 is 14.7 Å². The molecule has 2 rings (SSSR count). The molecule has 1 aromatic carbocycles. The molecule has 1 aromatic heterocycles. The van der Waals surface area contributed by atoms with E-state index in [4.69, 9.17) is 5.11 Å². The predicted octanol–water partition coefficient (Wildman–Crippen LogP) is -0.192. The largest absolute Gasteiger partial charge is 0.508 e. The van der Waals surface area contributed by atoms with Crippen LogP contribution in [0.3, 0.4) is 0 Å². The number of nitrogens with zero attached hydrogens (tertiary/aromatic N) is 2. The SMILES string of the molecule is O=C(NCCc1ccc(O)cc1)C(=O)Nc1ncn[nH]1. The highest BCUT2D eigenvalue weighted by atomic mass is 16.3. The van der Waals surface area contributed by atoms with Crippen LogP contribution >= 0.6 is 0 Å². The average Bonchev–Trinajstić information content (AvgIpc) is 2.93. The quantitative estimate of drug-likeness (QED) is 0.576. The third-order valence-electron chi connectivity index (χ3n) is 2.49. The zero-order valence-corrected chi connectivity index (χ0v) is 10.5. The fourth-order valence-corrected chi connectivity index (χ4v) is 1.49. The van der Waals surface area contributed by atoms with Crippen molar-refractivity contribution in [1.29, 1.82) is 0 Å². The van der Waals surface area contributed by atoms with E-state index in [1.165, 1.54) is 6.33 Å². The van der Waals surface area contributed by atoms with E-state index in [0.29, 0.717) is 13.0 Å². The first-order valence-corrected chi connectivity index (χ1v) is 5.87. The van der Waals surface area contributed by atoms with E-state index < -0.39 is 11.8 Å². The second kappa shape index (κ2) is 6.32. The van der Waals surface area contributed by atoms with E-state index in [0.717, 1.165) is 5.56 Å². The van der Waals surface area contributed by atoms with Gasteiger partial charge in [-0.25, -0.2) is 5.10 Å². The Morgan fingerprint density at radius 2 is 1.95 bits per heavy atom. The third-order valence-corrected chi connectivity index (χ3v) is 2.49. The summed E-state index contributed by atoms with van der Waals surface area (Å²) >= 11 is 0. The Bertz CT molecular complexity index is 580. The minimum atomic E-state index is -0.813. The highest BCUT2D eigenvalue weighted by Crippen LogP contribution is 2.09. The molecule has 1 heterocycles. The van der Waals surface area contributed by atoms with Gasteiger partial charge in [0.05, 0.1) is 0 Å². The Labute approximate surface area is 114 Å². The zero-order chi connectivity index (χ0) is 14.4. The van der Waals surface area contributed by atoms with E-state index >= 15 is 0 Å². The van der Waals surface area contributed by atoms with Crippen LogP contribution in [-0.4, -0.2) is 38.6 Å². The number of phenols is 1. The predicted molar refractivity (Wildman–Crippen MR) is 69.8 cm³/mol. The Morgan fingerprint density at radius 1 is 1.20 bits per heavy atom. The molecule has 0 spiro atoms. The number of phenolic OH excluding ortho intramolecular Hbond substituents is 1. The van der Waals surface area contributed by atoms with Crippen LogP contribution in [-0.2, 0) is 16.0 Å². The number of hydrogen-bond donors (Lipinski definition) is 4. The van der Waals surface area contributed by atoms with Gasteiger partial charge in [-0.1, -0.05) is 12.1 Å². The summed E-state index contributed by atoms with van der Waals surface area (Å²) in [5.41, 5.74) is 0.943. The molecule has 0 bridgehead atoms. The van der Waals surface area contributed by atoms with Crippen LogP contribution in [0, 0.1) is 0 Å². The van der Waals surface area contributed by atoms with Gasteiger partial charge in [0.1, 0.15) is 12.1 Å². The lowest BCUT2D eigenvalue weighted by Crippen LogP contribution is -2.36. The molecule has 8 nitrogen and oxygen atoms in total. The van der Waals surface area contributed by atoms with Gasteiger partial charge in [-0.15, -0.1) is 0 Å². The molecule has 20 heavy (non-hydrogen) atoms. The van der Waals surface area contributed by atoms with Crippen LogP contribution in [0.2, 0.25) is 0 Å². The Hall–Kier alpha value is -2.90. The highest BCUT2D eigenvalue weighted by molar-refractivity contribution is 6.39. The summed E-state index contributed by atoms with van der Waals surface area (Å²) in [6.45, 7) is 0.313. The molecule has 4 N–H and O–H groups in total. The molecule has 0 fully saturated rings. The summed E-state index contributed by atoms with van der Waals surface area (Å²) in [5.74, 6) is -1.26. The number of H-pyrrole nitrogens is 1. The topological polar surface area (TPSA) is 120 Å². The molecule has 0 saturated carbocycles. The van der Waals surface area contributed by atoms with Crippen LogP contribution < -0.4 is 10.6 Å². The summed E-state index contributed by atoms with van der Waals surface area (Å²) < 4.78 is 0. The van der Waals surface area contributed by atoms with Gasteiger partial charge in [-0.2, -0.15) is 10.1 Å². The maximum Gasteiger partial charge on any atom is 0.316 e. The van der Waals surface area contributed by atoms with Crippen LogP contribution in [0.5, 0.6) is 5.75 Å². The fourth-order valence-electron chi connectivity index (χ4n) is 1.49. The molecule has 2 amide bonds. The second-order valence-electron chi connectivity index (χ2n) is 3.96. The smallest absolute Gasteiger partial charge is 0.316 e. The second-order valence-corrected chi connectivity index (χ2v) is 3.96. The van der Waals surface area contributed by atoms with Crippen molar-refractivity contribution in [3.63, 3.8) is 0 Å². The zero-order valence-electron chi connectivity index (χ0n) is 10.5. The minimum Gasteiger partial charge on any atom is -0.508 e. The van der Waals surface area contributed by atoms with E-state index in [-0.39, 0.29) is 11.7 Å².